The van der Waals surface area contributed by atoms with Crippen LogP contribution in [0.3, 0.4) is 0 Å². The lowest BCUT2D eigenvalue weighted by Gasteiger charge is -2.16. The quantitative estimate of drug-likeness (QED) is 0.783. The molecule has 0 aliphatic carbocycles. The number of carboxylic acid groups (broad SMARTS) is 1. The standard InChI is InChI=1S/C15H15NO3/c1-9-7-12(8-17)11(3)16(9)14-6-4-5-13(10(14)2)15(18)19/h4-8H,1-3H3,(H,18,19)/p-1. The largest absolute Gasteiger partial charge is 0.545 e. The maximum absolute atomic E-state index is 11.1. The van der Waals surface area contributed by atoms with Gasteiger partial charge in [-0.2, -0.15) is 0 Å². The van der Waals surface area contributed by atoms with E-state index in [4.69, 9.17) is 0 Å². The van der Waals surface area contributed by atoms with Crippen molar-refractivity contribution in [3.8, 4) is 5.69 Å². The Morgan fingerprint density at radius 1 is 1.26 bits per heavy atom. The number of rotatable bonds is 3. The molecule has 0 fully saturated rings. The fourth-order valence-corrected chi connectivity index (χ4v) is 2.36. The number of aldehydes is 1. The monoisotopic (exact) mass is 256 g/mol. The molecule has 0 aliphatic rings. The van der Waals surface area contributed by atoms with E-state index in [1.807, 2.05) is 24.5 Å². The fourth-order valence-electron chi connectivity index (χ4n) is 2.36. The van der Waals surface area contributed by atoms with Gasteiger partial charge in [-0.3, -0.25) is 4.79 Å². The van der Waals surface area contributed by atoms with Crippen molar-refractivity contribution in [2.75, 3.05) is 0 Å². The summed E-state index contributed by atoms with van der Waals surface area (Å²) < 4.78 is 1.88. The van der Waals surface area contributed by atoms with Crippen LogP contribution in [-0.2, 0) is 0 Å². The van der Waals surface area contributed by atoms with E-state index >= 15 is 0 Å². The minimum atomic E-state index is -1.20. The molecular weight excluding hydrogens is 242 g/mol. The SMILES string of the molecule is Cc1c(C(=O)[O-])cccc1-n1c(C)cc(C=O)c1C. The Kier molecular flexibility index (Phi) is 3.25. The second-order valence-corrected chi connectivity index (χ2v) is 4.52. The third kappa shape index (κ3) is 2.05. The van der Waals surface area contributed by atoms with Gasteiger partial charge in [-0.15, -0.1) is 0 Å². The van der Waals surface area contributed by atoms with Gasteiger partial charge in [-0.1, -0.05) is 12.1 Å². The van der Waals surface area contributed by atoms with E-state index in [1.165, 1.54) is 6.07 Å². The summed E-state index contributed by atoms with van der Waals surface area (Å²) in [7, 11) is 0. The molecule has 1 heterocycles. The van der Waals surface area contributed by atoms with E-state index in [1.54, 1.807) is 19.1 Å². The first-order valence-electron chi connectivity index (χ1n) is 5.92. The van der Waals surface area contributed by atoms with Crippen LogP contribution in [-0.4, -0.2) is 16.8 Å². The molecule has 0 saturated heterocycles. The predicted molar refractivity (Wildman–Crippen MR) is 69.7 cm³/mol. The normalized spacial score (nSPS) is 10.5. The van der Waals surface area contributed by atoms with E-state index in [2.05, 4.69) is 0 Å². The van der Waals surface area contributed by atoms with Gasteiger partial charge in [0.25, 0.3) is 0 Å². The summed E-state index contributed by atoms with van der Waals surface area (Å²) in [5.41, 5.74) is 3.84. The Balaban J connectivity index is 2.73. The number of nitrogens with zero attached hydrogens (tertiary/aromatic N) is 1. The first kappa shape index (κ1) is 13.1. The molecular formula is C15H14NO3-. The van der Waals surface area contributed by atoms with Crippen molar-refractivity contribution in [3.63, 3.8) is 0 Å². The molecule has 98 valence electrons. The Bertz CT molecular complexity index is 668. The van der Waals surface area contributed by atoms with Crippen LogP contribution in [0.5, 0.6) is 0 Å². The highest BCUT2D eigenvalue weighted by molar-refractivity contribution is 5.89. The van der Waals surface area contributed by atoms with Gasteiger partial charge in [-0.05, 0) is 38.5 Å². The van der Waals surface area contributed by atoms with Crippen LogP contribution < -0.4 is 5.11 Å². The van der Waals surface area contributed by atoms with Crippen LogP contribution >= 0.6 is 0 Å². The predicted octanol–water partition coefficient (Wildman–Crippen LogP) is 1.58. The molecule has 0 amide bonds. The smallest absolute Gasteiger partial charge is 0.151 e. The number of carboxylic acids is 1. The van der Waals surface area contributed by atoms with E-state index in [0.717, 1.165) is 23.4 Å². The Morgan fingerprint density at radius 2 is 1.95 bits per heavy atom. The Hall–Kier alpha value is -2.36. The van der Waals surface area contributed by atoms with Gasteiger partial charge in [0.2, 0.25) is 0 Å². The van der Waals surface area contributed by atoms with E-state index < -0.39 is 5.97 Å². The van der Waals surface area contributed by atoms with Crippen molar-refractivity contribution >= 4 is 12.3 Å². The van der Waals surface area contributed by atoms with E-state index in [9.17, 15) is 14.7 Å². The molecule has 1 aromatic carbocycles. The number of hydrogen-bond donors (Lipinski definition) is 0. The lowest BCUT2D eigenvalue weighted by molar-refractivity contribution is -0.255. The molecule has 0 saturated carbocycles. The average molecular weight is 256 g/mol. The fraction of sp³-hybridized carbons (Fsp3) is 0.200. The number of aromatic nitrogens is 1. The maximum Gasteiger partial charge on any atom is 0.151 e. The van der Waals surface area contributed by atoms with Crippen molar-refractivity contribution < 1.29 is 14.7 Å². The summed E-state index contributed by atoms with van der Waals surface area (Å²) in [6.45, 7) is 5.45. The number of carbonyl (C=O) groups is 2. The molecule has 0 unspecified atom stereocenters. The lowest BCUT2D eigenvalue weighted by atomic mass is 10.1. The molecule has 4 heteroatoms. The molecule has 0 atom stereocenters. The third-order valence-electron chi connectivity index (χ3n) is 3.36. The van der Waals surface area contributed by atoms with Crippen LogP contribution in [0.15, 0.2) is 24.3 Å². The van der Waals surface area contributed by atoms with E-state index in [-0.39, 0.29) is 5.56 Å². The van der Waals surface area contributed by atoms with Crippen molar-refractivity contribution in [1.29, 1.82) is 0 Å². The van der Waals surface area contributed by atoms with Crippen molar-refractivity contribution in [2.45, 2.75) is 20.8 Å². The molecule has 2 rings (SSSR count). The van der Waals surface area contributed by atoms with Crippen LogP contribution in [0.2, 0.25) is 0 Å². The summed E-state index contributed by atoms with van der Waals surface area (Å²) in [6.07, 6.45) is 0.802. The maximum atomic E-state index is 11.1. The number of aryl methyl sites for hydroxylation is 1. The molecule has 0 spiro atoms. The molecule has 2 aromatic rings. The first-order chi connectivity index (χ1) is 8.97. The van der Waals surface area contributed by atoms with Gasteiger partial charge in [0.1, 0.15) is 0 Å². The molecule has 0 N–H and O–H groups in total. The number of hydrogen-bond acceptors (Lipinski definition) is 3. The van der Waals surface area contributed by atoms with Crippen LogP contribution in [0.4, 0.5) is 0 Å². The number of carbonyl (C=O) groups excluding carboxylic acids is 2. The van der Waals surface area contributed by atoms with Crippen LogP contribution in [0.1, 0.15) is 37.7 Å². The van der Waals surface area contributed by atoms with Crippen molar-refractivity contribution in [2.24, 2.45) is 0 Å². The second kappa shape index (κ2) is 4.72. The van der Waals surface area contributed by atoms with Crippen LogP contribution in [0.25, 0.3) is 5.69 Å². The van der Waals surface area contributed by atoms with Gasteiger partial charge in [-0.25, -0.2) is 0 Å². The average Bonchev–Trinajstić information content (AvgIpc) is 2.65. The zero-order valence-electron chi connectivity index (χ0n) is 11.1. The topological polar surface area (TPSA) is 62.1 Å². The molecule has 19 heavy (non-hydrogen) atoms. The van der Waals surface area contributed by atoms with E-state index in [0.29, 0.717) is 11.1 Å². The number of benzene rings is 1. The summed E-state index contributed by atoms with van der Waals surface area (Å²) in [5.74, 6) is -1.20. The van der Waals surface area contributed by atoms with Gasteiger partial charge >= 0.3 is 0 Å². The molecule has 0 aliphatic heterocycles. The molecule has 1 aromatic heterocycles. The molecule has 0 bridgehead atoms. The van der Waals surface area contributed by atoms with Gasteiger partial charge in [0, 0.05) is 28.2 Å². The summed E-state index contributed by atoms with van der Waals surface area (Å²) >= 11 is 0. The zero-order chi connectivity index (χ0) is 14.2. The summed E-state index contributed by atoms with van der Waals surface area (Å²) in [5, 5.41) is 11.1. The van der Waals surface area contributed by atoms with Crippen LogP contribution in [0, 0.1) is 20.8 Å². The van der Waals surface area contributed by atoms with Gasteiger partial charge in [0.05, 0.1) is 5.97 Å². The number of aromatic carboxylic acids is 1. The minimum Gasteiger partial charge on any atom is -0.545 e. The first-order valence-corrected chi connectivity index (χ1v) is 5.92. The lowest BCUT2D eigenvalue weighted by Crippen LogP contribution is -2.23. The minimum absolute atomic E-state index is 0.164. The summed E-state index contributed by atoms with van der Waals surface area (Å²) in [4.78, 5) is 22.0. The van der Waals surface area contributed by atoms with Gasteiger partial charge in [0.15, 0.2) is 6.29 Å². The highest BCUT2D eigenvalue weighted by Gasteiger charge is 2.13. The highest BCUT2D eigenvalue weighted by Crippen LogP contribution is 2.24. The zero-order valence-corrected chi connectivity index (χ0v) is 11.1. The second-order valence-electron chi connectivity index (χ2n) is 4.52. The van der Waals surface area contributed by atoms with Crippen molar-refractivity contribution in [3.05, 3.63) is 52.3 Å². The Labute approximate surface area is 111 Å². The Morgan fingerprint density at radius 3 is 2.47 bits per heavy atom. The van der Waals surface area contributed by atoms with Crippen molar-refractivity contribution in [1.82, 2.24) is 4.57 Å². The van der Waals surface area contributed by atoms with Gasteiger partial charge < -0.3 is 14.5 Å². The highest BCUT2D eigenvalue weighted by atomic mass is 16.4. The molecule has 0 radical (unpaired) electrons. The summed E-state index contributed by atoms with van der Waals surface area (Å²) in [6, 6.07) is 6.81. The third-order valence-corrected chi connectivity index (χ3v) is 3.36. The molecule has 4 nitrogen and oxygen atoms in total.